The normalized spacial score (nSPS) is 15.9. The van der Waals surface area contributed by atoms with E-state index in [9.17, 15) is 9.59 Å². The molecule has 1 aliphatic rings. The fraction of sp³-hybridized carbons (Fsp3) is 0.333. The van der Waals surface area contributed by atoms with Crippen molar-refractivity contribution in [1.82, 2.24) is 4.57 Å². The topological polar surface area (TPSA) is 83.6 Å². The fourth-order valence-corrected chi connectivity index (χ4v) is 4.87. The molecule has 7 heteroatoms. The zero-order valence-electron chi connectivity index (χ0n) is 17.4. The summed E-state index contributed by atoms with van der Waals surface area (Å²) >= 11 is 3.65. The minimum absolute atomic E-state index is 0.193. The van der Waals surface area contributed by atoms with E-state index < -0.39 is 5.97 Å². The molecule has 0 spiro atoms. The van der Waals surface area contributed by atoms with E-state index in [1.165, 1.54) is 7.11 Å². The van der Waals surface area contributed by atoms with Crippen LogP contribution in [0.2, 0.25) is 0 Å². The summed E-state index contributed by atoms with van der Waals surface area (Å²) in [5.74, 6) is -0.602. The van der Waals surface area contributed by atoms with Crippen LogP contribution in [-0.2, 0) is 27.3 Å². The van der Waals surface area contributed by atoms with Crippen LogP contribution >= 0.6 is 15.9 Å². The Labute approximate surface area is 189 Å². The number of rotatable bonds is 6. The number of esters is 1. The van der Waals surface area contributed by atoms with Crippen molar-refractivity contribution in [2.45, 2.75) is 38.1 Å². The maximum absolute atomic E-state index is 12.4. The molecule has 0 saturated carbocycles. The van der Waals surface area contributed by atoms with Crippen LogP contribution in [0.4, 0.5) is 0 Å². The second-order valence-electron chi connectivity index (χ2n) is 7.75. The van der Waals surface area contributed by atoms with Gasteiger partial charge in [0.15, 0.2) is 6.61 Å². The number of methoxy groups -OCH3 is 1. The zero-order chi connectivity index (χ0) is 22.0. The van der Waals surface area contributed by atoms with Gasteiger partial charge in [-0.15, -0.1) is 0 Å². The van der Waals surface area contributed by atoms with Gasteiger partial charge in [0.1, 0.15) is 5.75 Å². The highest BCUT2D eigenvalue weighted by Gasteiger charge is 2.31. The van der Waals surface area contributed by atoms with Gasteiger partial charge >= 0.3 is 5.97 Å². The quantitative estimate of drug-likeness (QED) is 0.417. The van der Waals surface area contributed by atoms with Gasteiger partial charge in [0.2, 0.25) is 5.91 Å². The van der Waals surface area contributed by atoms with Crippen molar-refractivity contribution in [2.24, 2.45) is 5.73 Å². The molecule has 0 aliphatic heterocycles. The van der Waals surface area contributed by atoms with E-state index in [2.05, 4.69) is 26.6 Å². The van der Waals surface area contributed by atoms with E-state index in [0.29, 0.717) is 18.7 Å². The van der Waals surface area contributed by atoms with Gasteiger partial charge in [-0.25, -0.2) is 4.79 Å². The summed E-state index contributed by atoms with van der Waals surface area (Å²) in [7, 11) is 1.33. The number of carbonyl (C=O) groups is 2. The fourth-order valence-electron chi connectivity index (χ4n) is 4.46. The van der Waals surface area contributed by atoms with Crippen molar-refractivity contribution >= 4 is 38.7 Å². The Morgan fingerprint density at radius 1 is 1.16 bits per heavy atom. The second kappa shape index (κ2) is 9.14. The van der Waals surface area contributed by atoms with Crippen LogP contribution in [0.1, 0.15) is 42.0 Å². The Morgan fingerprint density at radius 2 is 1.97 bits per heavy atom. The Bertz CT molecular complexity index is 1140. The van der Waals surface area contributed by atoms with Crippen LogP contribution < -0.4 is 10.5 Å². The predicted molar refractivity (Wildman–Crippen MR) is 122 cm³/mol. The summed E-state index contributed by atoms with van der Waals surface area (Å²) in [5.41, 5.74) is 10.0. The molecule has 0 saturated heterocycles. The van der Waals surface area contributed by atoms with Gasteiger partial charge in [0, 0.05) is 22.1 Å². The Balaban J connectivity index is 1.93. The molecule has 1 heterocycles. The smallest absolute Gasteiger partial charge is 0.343 e. The molecule has 3 aromatic rings. The number of nitrogens with two attached hydrogens (primary N) is 1. The number of halogens is 1. The van der Waals surface area contributed by atoms with Crippen molar-refractivity contribution in [3.05, 3.63) is 63.8 Å². The largest absolute Gasteiger partial charge is 0.481 e. The van der Waals surface area contributed by atoms with Gasteiger partial charge in [-0.1, -0.05) is 46.6 Å². The molecule has 0 bridgehead atoms. The average molecular weight is 485 g/mol. The van der Waals surface area contributed by atoms with E-state index in [1.807, 2.05) is 36.4 Å². The zero-order valence-corrected chi connectivity index (χ0v) is 19.0. The maximum Gasteiger partial charge on any atom is 0.343 e. The van der Waals surface area contributed by atoms with Crippen molar-refractivity contribution < 1.29 is 19.1 Å². The van der Waals surface area contributed by atoms with Crippen LogP contribution in [0.25, 0.3) is 10.9 Å². The number of primary amides is 1. The molecule has 1 atom stereocenters. The van der Waals surface area contributed by atoms with Crippen LogP contribution in [0.3, 0.4) is 0 Å². The monoisotopic (exact) mass is 484 g/mol. The van der Waals surface area contributed by atoms with Crippen molar-refractivity contribution in [3.8, 4) is 5.75 Å². The average Bonchev–Trinajstić information content (AvgIpc) is 2.92. The lowest BCUT2D eigenvalue weighted by Crippen LogP contribution is -2.21. The highest BCUT2D eigenvalue weighted by molar-refractivity contribution is 9.10. The number of hydrogen-bond donors (Lipinski definition) is 1. The SMILES string of the molecule is COC(=O)COc1cccc2c1c1c(n2Cc2ccccc2Br)CCCCC1C(N)=O. The first-order valence-electron chi connectivity index (χ1n) is 10.4. The van der Waals surface area contributed by atoms with Crippen LogP contribution in [0.5, 0.6) is 5.75 Å². The predicted octanol–water partition coefficient (Wildman–Crippen LogP) is 4.30. The van der Waals surface area contributed by atoms with Crippen LogP contribution in [0, 0.1) is 0 Å². The molecule has 0 radical (unpaired) electrons. The molecule has 2 N–H and O–H groups in total. The molecule has 4 rings (SSSR count). The molecule has 1 amide bonds. The highest BCUT2D eigenvalue weighted by Crippen LogP contribution is 2.42. The summed E-state index contributed by atoms with van der Waals surface area (Å²) in [4.78, 5) is 24.1. The van der Waals surface area contributed by atoms with Gasteiger partial charge < -0.3 is 19.8 Å². The van der Waals surface area contributed by atoms with Crippen molar-refractivity contribution in [1.29, 1.82) is 0 Å². The molecule has 2 aromatic carbocycles. The third-order valence-electron chi connectivity index (χ3n) is 5.91. The summed E-state index contributed by atoms with van der Waals surface area (Å²) in [6, 6.07) is 13.9. The van der Waals surface area contributed by atoms with Crippen molar-refractivity contribution in [3.63, 3.8) is 0 Å². The third-order valence-corrected chi connectivity index (χ3v) is 6.68. The molecule has 162 valence electrons. The first-order valence-corrected chi connectivity index (χ1v) is 11.2. The lowest BCUT2D eigenvalue weighted by atomic mass is 9.92. The van der Waals surface area contributed by atoms with E-state index >= 15 is 0 Å². The number of aromatic nitrogens is 1. The Morgan fingerprint density at radius 3 is 2.71 bits per heavy atom. The minimum Gasteiger partial charge on any atom is -0.481 e. The third kappa shape index (κ3) is 4.19. The molecule has 6 nitrogen and oxygen atoms in total. The maximum atomic E-state index is 12.4. The number of fused-ring (bicyclic) bond motifs is 3. The minimum atomic E-state index is -0.456. The number of nitrogens with zero attached hydrogens (tertiary/aromatic N) is 1. The molecular formula is C24H25BrN2O4. The summed E-state index contributed by atoms with van der Waals surface area (Å²) < 4.78 is 13.9. The number of carbonyl (C=O) groups excluding carboxylic acids is 2. The van der Waals surface area contributed by atoms with Gasteiger partial charge in [0.05, 0.1) is 18.5 Å². The first-order chi connectivity index (χ1) is 15.0. The van der Waals surface area contributed by atoms with E-state index in [0.717, 1.165) is 51.5 Å². The number of amides is 1. The van der Waals surface area contributed by atoms with Gasteiger partial charge in [0.25, 0.3) is 0 Å². The Kier molecular flexibility index (Phi) is 6.32. The Hall–Kier alpha value is -2.80. The standard InChI is InChI=1S/C24H25BrN2O4/c1-30-21(28)14-31-20-12-6-11-19-23(20)22-16(24(26)29)8-3-5-10-18(22)27(19)13-15-7-2-4-9-17(15)25/h2,4,6-7,9,11-12,16H,3,5,8,10,13-14H2,1H3,(H2,26,29). The lowest BCUT2D eigenvalue weighted by molar-refractivity contribution is -0.142. The number of hydrogen-bond acceptors (Lipinski definition) is 4. The van der Waals surface area contributed by atoms with Gasteiger partial charge in [-0.2, -0.15) is 0 Å². The number of ether oxygens (including phenoxy) is 2. The summed E-state index contributed by atoms with van der Waals surface area (Å²) in [5, 5.41) is 0.860. The van der Waals surface area contributed by atoms with Gasteiger partial charge in [-0.3, -0.25) is 4.79 Å². The first kappa shape index (κ1) is 21.4. The summed E-state index contributed by atoms with van der Waals surface area (Å²) in [6.07, 6.45) is 3.49. The van der Waals surface area contributed by atoms with Crippen LogP contribution in [0.15, 0.2) is 46.9 Å². The molecule has 0 fully saturated rings. The van der Waals surface area contributed by atoms with E-state index in [1.54, 1.807) is 0 Å². The van der Waals surface area contributed by atoms with E-state index in [-0.39, 0.29) is 18.4 Å². The molecule has 1 unspecified atom stereocenters. The molecule has 31 heavy (non-hydrogen) atoms. The summed E-state index contributed by atoms with van der Waals surface area (Å²) in [6.45, 7) is 0.459. The molecular weight excluding hydrogens is 460 g/mol. The molecule has 1 aromatic heterocycles. The van der Waals surface area contributed by atoms with Crippen molar-refractivity contribution in [2.75, 3.05) is 13.7 Å². The van der Waals surface area contributed by atoms with E-state index in [4.69, 9.17) is 15.2 Å². The number of benzene rings is 2. The second-order valence-corrected chi connectivity index (χ2v) is 8.61. The van der Waals surface area contributed by atoms with Crippen LogP contribution in [-0.4, -0.2) is 30.2 Å². The highest BCUT2D eigenvalue weighted by atomic mass is 79.9. The lowest BCUT2D eigenvalue weighted by Gasteiger charge is -2.14. The van der Waals surface area contributed by atoms with Gasteiger partial charge in [-0.05, 0) is 48.6 Å². The molecule has 1 aliphatic carbocycles.